The number of carbonyl (C=O) groups is 1. The Morgan fingerprint density at radius 2 is 1.88 bits per heavy atom. The highest BCUT2D eigenvalue weighted by Crippen LogP contribution is 2.28. The maximum Gasteiger partial charge on any atom is 0.143 e. The van der Waals surface area contributed by atoms with Crippen LogP contribution in [0.4, 0.5) is 0 Å². The van der Waals surface area contributed by atoms with Gasteiger partial charge in [0, 0.05) is 11.3 Å². The van der Waals surface area contributed by atoms with Gasteiger partial charge in [-0.3, -0.25) is 4.79 Å². The summed E-state index contributed by atoms with van der Waals surface area (Å²) in [6.45, 7) is 2.08. The molecule has 1 aromatic rings. The lowest BCUT2D eigenvalue weighted by atomic mass is 10.0. The summed E-state index contributed by atoms with van der Waals surface area (Å²) in [5.41, 5.74) is 1.27. The molecule has 0 bridgehead atoms. The summed E-state index contributed by atoms with van der Waals surface area (Å²) in [4.78, 5) is 13.0. The lowest BCUT2D eigenvalue weighted by molar-refractivity contribution is -0.117. The van der Waals surface area contributed by atoms with Crippen LogP contribution in [0.5, 0.6) is 0 Å². The number of thioether (sulfide) groups is 1. The summed E-state index contributed by atoms with van der Waals surface area (Å²) in [5, 5.41) is 0. The van der Waals surface area contributed by atoms with E-state index in [0.29, 0.717) is 17.5 Å². The number of carbonyl (C=O) groups excluding carboxylic acids is 1. The van der Waals surface area contributed by atoms with Gasteiger partial charge in [-0.2, -0.15) is 0 Å². The molecule has 0 atom stereocenters. The zero-order valence-electron chi connectivity index (χ0n) is 10.4. The van der Waals surface area contributed by atoms with E-state index < -0.39 is 0 Å². The van der Waals surface area contributed by atoms with Gasteiger partial charge in [0.2, 0.25) is 0 Å². The van der Waals surface area contributed by atoms with E-state index in [1.165, 1.54) is 36.1 Å². The number of rotatable bonds is 5. The van der Waals surface area contributed by atoms with E-state index in [4.69, 9.17) is 0 Å². The van der Waals surface area contributed by atoms with Crippen LogP contribution in [0.2, 0.25) is 0 Å². The fourth-order valence-electron chi connectivity index (χ4n) is 2.39. The number of Topliss-reactive ketones (excluding diaryl/α,β-unsaturated/α-hetero) is 1. The summed E-state index contributed by atoms with van der Waals surface area (Å²) < 4.78 is 0. The van der Waals surface area contributed by atoms with Gasteiger partial charge >= 0.3 is 0 Å². The molecule has 17 heavy (non-hydrogen) atoms. The minimum absolute atomic E-state index is 0.419. The predicted octanol–water partition coefficient (Wildman–Crippen LogP) is 4.24. The number of hydrogen-bond donors (Lipinski definition) is 0. The SMILES string of the molecule is Cc1ccc(SCC(=O)CC2CCCC2)cc1. The maximum absolute atomic E-state index is 11.8. The van der Waals surface area contributed by atoms with E-state index in [-0.39, 0.29) is 0 Å². The molecule has 2 rings (SSSR count). The highest BCUT2D eigenvalue weighted by Gasteiger charge is 2.18. The summed E-state index contributed by atoms with van der Waals surface area (Å²) in [6.07, 6.45) is 5.98. The lowest BCUT2D eigenvalue weighted by Gasteiger charge is -2.07. The zero-order valence-corrected chi connectivity index (χ0v) is 11.3. The molecule has 92 valence electrons. The van der Waals surface area contributed by atoms with E-state index in [9.17, 15) is 4.79 Å². The van der Waals surface area contributed by atoms with Crippen LogP contribution in [0.3, 0.4) is 0 Å². The van der Waals surface area contributed by atoms with Crippen molar-refractivity contribution in [1.82, 2.24) is 0 Å². The molecule has 0 radical (unpaired) electrons. The Balaban J connectivity index is 1.73. The second kappa shape index (κ2) is 6.25. The van der Waals surface area contributed by atoms with Crippen LogP contribution < -0.4 is 0 Å². The third-order valence-corrected chi connectivity index (χ3v) is 4.48. The molecule has 1 aliphatic rings. The molecule has 0 aliphatic heterocycles. The summed E-state index contributed by atoms with van der Waals surface area (Å²) in [7, 11) is 0. The molecule has 0 aromatic heterocycles. The summed E-state index contributed by atoms with van der Waals surface area (Å²) in [6, 6.07) is 8.40. The molecule has 0 N–H and O–H groups in total. The average molecular weight is 248 g/mol. The topological polar surface area (TPSA) is 17.1 Å². The van der Waals surface area contributed by atoms with Crippen molar-refractivity contribution in [1.29, 1.82) is 0 Å². The Hall–Kier alpha value is -0.760. The Bertz CT molecular complexity index is 363. The largest absolute Gasteiger partial charge is 0.299 e. The smallest absolute Gasteiger partial charge is 0.143 e. The highest BCUT2D eigenvalue weighted by atomic mass is 32.2. The molecule has 1 fully saturated rings. The fourth-order valence-corrected chi connectivity index (χ4v) is 3.17. The molecule has 1 nitrogen and oxygen atoms in total. The second-order valence-corrected chi connectivity index (χ2v) is 6.04. The third kappa shape index (κ3) is 4.19. The van der Waals surface area contributed by atoms with E-state index in [0.717, 1.165) is 6.42 Å². The molecule has 0 unspecified atom stereocenters. The van der Waals surface area contributed by atoms with Crippen LogP contribution in [0.25, 0.3) is 0 Å². The summed E-state index contributed by atoms with van der Waals surface area (Å²) >= 11 is 1.67. The van der Waals surface area contributed by atoms with Crippen molar-refractivity contribution in [3.63, 3.8) is 0 Å². The van der Waals surface area contributed by atoms with Crippen LogP contribution in [0, 0.1) is 12.8 Å². The second-order valence-electron chi connectivity index (χ2n) is 5.00. The molecule has 0 amide bonds. The first-order valence-electron chi connectivity index (χ1n) is 6.45. The first kappa shape index (κ1) is 12.7. The van der Waals surface area contributed by atoms with E-state index in [1.807, 2.05) is 0 Å². The minimum Gasteiger partial charge on any atom is -0.299 e. The van der Waals surface area contributed by atoms with Crippen LogP contribution >= 0.6 is 11.8 Å². The predicted molar refractivity (Wildman–Crippen MR) is 73.5 cm³/mol. The van der Waals surface area contributed by atoms with Crippen LogP contribution in [0.15, 0.2) is 29.2 Å². The van der Waals surface area contributed by atoms with Crippen LogP contribution in [0.1, 0.15) is 37.7 Å². The van der Waals surface area contributed by atoms with Crippen molar-refractivity contribution in [3.8, 4) is 0 Å². The van der Waals surface area contributed by atoms with Gasteiger partial charge < -0.3 is 0 Å². The Morgan fingerprint density at radius 3 is 2.53 bits per heavy atom. The van der Waals surface area contributed by atoms with Crippen molar-refractivity contribution in [2.75, 3.05) is 5.75 Å². The molecule has 2 heteroatoms. The van der Waals surface area contributed by atoms with Gasteiger partial charge in [0.1, 0.15) is 5.78 Å². The molecule has 1 saturated carbocycles. The van der Waals surface area contributed by atoms with Gasteiger partial charge in [0.15, 0.2) is 0 Å². The number of aryl methyl sites for hydroxylation is 1. The van der Waals surface area contributed by atoms with Crippen molar-refractivity contribution in [2.24, 2.45) is 5.92 Å². The van der Waals surface area contributed by atoms with Gasteiger partial charge in [-0.15, -0.1) is 11.8 Å². The lowest BCUT2D eigenvalue weighted by Crippen LogP contribution is -2.07. The first-order chi connectivity index (χ1) is 8.24. The normalized spacial score (nSPS) is 16.3. The van der Waals surface area contributed by atoms with E-state index in [1.54, 1.807) is 11.8 Å². The van der Waals surface area contributed by atoms with E-state index >= 15 is 0 Å². The molecule has 0 spiro atoms. The Morgan fingerprint density at radius 1 is 1.24 bits per heavy atom. The Labute approximate surface area is 108 Å². The molecular formula is C15H20OS. The quantitative estimate of drug-likeness (QED) is 0.725. The van der Waals surface area contributed by atoms with Gasteiger partial charge in [-0.05, 0) is 25.0 Å². The number of ketones is 1. The van der Waals surface area contributed by atoms with Crippen LogP contribution in [-0.2, 0) is 4.79 Å². The van der Waals surface area contributed by atoms with Crippen molar-refractivity contribution in [2.45, 2.75) is 43.9 Å². The highest BCUT2D eigenvalue weighted by molar-refractivity contribution is 8.00. The van der Waals surface area contributed by atoms with Crippen molar-refractivity contribution >= 4 is 17.5 Å². The monoisotopic (exact) mass is 248 g/mol. The van der Waals surface area contributed by atoms with Crippen LogP contribution in [-0.4, -0.2) is 11.5 Å². The Kier molecular flexibility index (Phi) is 4.66. The van der Waals surface area contributed by atoms with Gasteiger partial charge in [-0.1, -0.05) is 43.4 Å². The fraction of sp³-hybridized carbons (Fsp3) is 0.533. The zero-order chi connectivity index (χ0) is 12.1. The number of benzene rings is 1. The molecule has 0 heterocycles. The summed E-state index contributed by atoms with van der Waals surface area (Å²) in [5.74, 6) is 1.74. The van der Waals surface area contributed by atoms with Gasteiger partial charge in [0.05, 0.1) is 5.75 Å². The third-order valence-electron chi connectivity index (χ3n) is 3.41. The van der Waals surface area contributed by atoms with Crippen molar-refractivity contribution < 1.29 is 4.79 Å². The molecule has 1 aliphatic carbocycles. The molecule has 1 aromatic carbocycles. The standard InChI is InChI=1S/C15H20OS/c1-12-6-8-15(9-7-12)17-11-14(16)10-13-4-2-3-5-13/h6-9,13H,2-5,10-11H2,1H3. The molecular weight excluding hydrogens is 228 g/mol. The number of hydrogen-bond acceptors (Lipinski definition) is 2. The first-order valence-corrected chi connectivity index (χ1v) is 7.44. The maximum atomic E-state index is 11.8. The minimum atomic E-state index is 0.419. The average Bonchev–Trinajstić information content (AvgIpc) is 2.81. The van der Waals surface area contributed by atoms with Gasteiger partial charge in [0.25, 0.3) is 0 Å². The van der Waals surface area contributed by atoms with E-state index in [2.05, 4.69) is 31.2 Å². The molecule has 0 saturated heterocycles. The van der Waals surface area contributed by atoms with Gasteiger partial charge in [-0.25, -0.2) is 0 Å². The van der Waals surface area contributed by atoms with Crippen molar-refractivity contribution in [3.05, 3.63) is 29.8 Å².